The lowest BCUT2D eigenvalue weighted by atomic mass is 10.0. The summed E-state index contributed by atoms with van der Waals surface area (Å²) in [5, 5.41) is 19.1. The average Bonchev–Trinajstić information content (AvgIpc) is 2.98. The molecule has 1 saturated heterocycles. The van der Waals surface area contributed by atoms with Crippen LogP contribution in [0.25, 0.3) is 0 Å². The summed E-state index contributed by atoms with van der Waals surface area (Å²) in [6, 6.07) is 2.84. The molecule has 0 radical (unpaired) electrons. The third kappa shape index (κ3) is 8.82. The fourth-order valence-electron chi connectivity index (χ4n) is 2.92. The zero-order chi connectivity index (χ0) is 19.5. The van der Waals surface area contributed by atoms with E-state index in [2.05, 4.69) is 37.1 Å². The molecule has 0 aromatic carbocycles. The summed E-state index contributed by atoms with van der Waals surface area (Å²) in [4.78, 5) is 21.7. The molecule has 1 aliphatic heterocycles. The highest BCUT2D eigenvalue weighted by molar-refractivity contribution is 5.89. The van der Waals surface area contributed by atoms with Crippen LogP contribution >= 0.6 is 0 Å². The Bertz CT molecular complexity index is 573. The Morgan fingerprint density at radius 3 is 2.27 bits per heavy atom. The zero-order valence-corrected chi connectivity index (χ0v) is 15.8. The van der Waals surface area contributed by atoms with E-state index < -0.39 is 11.9 Å². The van der Waals surface area contributed by atoms with Gasteiger partial charge in [0.05, 0.1) is 6.26 Å². The standard InChI is InChI=1S/C15H26N2O.C4H4O4/c1-12(2)10-17(15-4-7-16-8-5-15)11-14-6-9-18-13(14)3;5-3(6)1-2-4(7)8/h6,9,12,15-16H,4-5,7-8,10-11H2,1-3H3;1-2H,(H,5,6)(H,7,8). The van der Waals surface area contributed by atoms with Gasteiger partial charge in [-0.15, -0.1) is 0 Å². The van der Waals surface area contributed by atoms with Gasteiger partial charge < -0.3 is 19.9 Å². The fourth-order valence-corrected chi connectivity index (χ4v) is 2.92. The number of hydrogen-bond donors (Lipinski definition) is 3. The van der Waals surface area contributed by atoms with E-state index in [1.54, 1.807) is 6.26 Å². The molecule has 2 heterocycles. The number of aliphatic carboxylic acids is 2. The monoisotopic (exact) mass is 366 g/mol. The highest BCUT2D eigenvalue weighted by Gasteiger charge is 2.22. The van der Waals surface area contributed by atoms with Crippen molar-refractivity contribution in [1.82, 2.24) is 10.2 Å². The number of carboxylic acid groups (broad SMARTS) is 2. The van der Waals surface area contributed by atoms with Crippen LogP contribution in [0.3, 0.4) is 0 Å². The first-order valence-electron chi connectivity index (χ1n) is 8.91. The number of aryl methyl sites for hydroxylation is 1. The molecule has 1 aliphatic rings. The summed E-state index contributed by atoms with van der Waals surface area (Å²) >= 11 is 0. The Morgan fingerprint density at radius 2 is 1.85 bits per heavy atom. The van der Waals surface area contributed by atoms with Gasteiger partial charge in [0.15, 0.2) is 0 Å². The van der Waals surface area contributed by atoms with Crippen molar-refractivity contribution in [3.05, 3.63) is 35.8 Å². The predicted octanol–water partition coefficient (Wildman–Crippen LogP) is 2.51. The van der Waals surface area contributed by atoms with E-state index >= 15 is 0 Å². The predicted molar refractivity (Wildman–Crippen MR) is 99.0 cm³/mol. The first-order valence-corrected chi connectivity index (χ1v) is 8.91. The number of furan rings is 1. The first-order chi connectivity index (χ1) is 12.3. The van der Waals surface area contributed by atoms with E-state index in [9.17, 15) is 9.59 Å². The number of carboxylic acids is 2. The van der Waals surface area contributed by atoms with Gasteiger partial charge in [-0.1, -0.05) is 13.8 Å². The summed E-state index contributed by atoms with van der Waals surface area (Å²) in [6.45, 7) is 11.2. The van der Waals surface area contributed by atoms with Crippen molar-refractivity contribution in [3.63, 3.8) is 0 Å². The zero-order valence-electron chi connectivity index (χ0n) is 15.8. The van der Waals surface area contributed by atoms with E-state index in [4.69, 9.17) is 14.6 Å². The van der Waals surface area contributed by atoms with E-state index in [1.165, 1.54) is 24.9 Å². The molecule has 0 unspecified atom stereocenters. The van der Waals surface area contributed by atoms with Gasteiger partial charge in [-0.05, 0) is 44.8 Å². The molecule has 3 N–H and O–H groups in total. The van der Waals surface area contributed by atoms with Gasteiger partial charge in [0.25, 0.3) is 0 Å². The van der Waals surface area contributed by atoms with Crippen LogP contribution in [0.2, 0.25) is 0 Å². The molecule has 146 valence electrons. The third-order valence-electron chi connectivity index (χ3n) is 4.13. The second-order valence-corrected chi connectivity index (χ2v) is 6.82. The number of nitrogens with one attached hydrogen (secondary N) is 1. The van der Waals surface area contributed by atoms with Gasteiger partial charge in [0.1, 0.15) is 5.76 Å². The molecule has 0 bridgehead atoms. The minimum Gasteiger partial charge on any atom is -0.478 e. The van der Waals surface area contributed by atoms with Crippen LogP contribution in [-0.4, -0.2) is 52.7 Å². The van der Waals surface area contributed by atoms with E-state index in [1.807, 2.05) is 0 Å². The normalized spacial score (nSPS) is 15.3. The summed E-state index contributed by atoms with van der Waals surface area (Å²) in [7, 11) is 0. The maximum Gasteiger partial charge on any atom is 0.328 e. The molecule has 1 aromatic rings. The van der Waals surface area contributed by atoms with E-state index in [-0.39, 0.29) is 0 Å². The van der Waals surface area contributed by atoms with Crippen molar-refractivity contribution in [1.29, 1.82) is 0 Å². The molecule has 7 nitrogen and oxygen atoms in total. The maximum atomic E-state index is 9.55. The summed E-state index contributed by atoms with van der Waals surface area (Å²) < 4.78 is 5.42. The molecule has 1 fully saturated rings. The highest BCUT2D eigenvalue weighted by atomic mass is 16.4. The lowest BCUT2D eigenvalue weighted by Gasteiger charge is -2.35. The van der Waals surface area contributed by atoms with Gasteiger partial charge in [0, 0.05) is 36.8 Å². The topological polar surface area (TPSA) is 103 Å². The molecule has 2 rings (SSSR count). The number of hydrogen-bond acceptors (Lipinski definition) is 5. The number of nitrogens with zero attached hydrogens (tertiary/aromatic N) is 1. The number of piperidine rings is 1. The van der Waals surface area contributed by atoms with Crippen LogP contribution in [0, 0.1) is 12.8 Å². The van der Waals surface area contributed by atoms with Gasteiger partial charge in [-0.3, -0.25) is 4.90 Å². The quantitative estimate of drug-likeness (QED) is 0.637. The Morgan fingerprint density at radius 1 is 1.27 bits per heavy atom. The first kappa shape index (κ1) is 21.9. The summed E-state index contributed by atoms with van der Waals surface area (Å²) in [6.07, 6.45) is 5.46. The van der Waals surface area contributed by atoms with Crippen molar-refractivity contribution in [2.45, 2.75) is 46.2 Å². The lowest BCUT2D eigenvalue weighted by molar-refractivity contribution is -0.134. The Kier molecular flexibility index (Phi) is 9.69. The molecule has 1 aromatic heterocycles. The fraction of sp³-hybridized carbons (Fsp3) is 0.579. The highest BCUT2D eigenvalue weighted by Crippen LogP contribution is 2.19. The van der Waals surface area contributed by atoms with Crippen molar-refractivity contribution >= 4 is 11.9 Å². The van der Waals surface area contributed by atoms with Crippen LogP contribution < -0.4 is 5.32 Å². The molecule has 26 heavy (non-hydrogen) atoms. The smallest absolute Gasteiger partial charge is 0.328 e. The molecule has 0 spiro atoms. The van der Waals surface area contributed by atoms with E-state index in [0.29, 0.717) is 18.1 Å². The average molecular weight is 366 g/mol. The van der Waals surface area contributed by atoms with Crippen molar-refractivity contribution in [2.24, 2.45) is 5.92 Å². The van der Waals surface area contributed by atoms with Crippen LogP contribution in [0.4, 0.5) is 0 Å². The second kappa shape index (κ2) is 11.5. The molecule has 0 saturated carbocycles. The van der Waals surface area contributed by atoms with Gasteiger partial charge in [-0.2, -0.15) is 0 Å². The van der Waals surface area contributed by atoms with Gasteiger partial charge in [-0.25, -0.2) is 9.59 Å². The summed E-state index contributed by atoms with van der Waals surface area (Å²) in [5.74, 6) is -0.732. The molecule has 0 atom stereocenters. The van der Waals surface area contributed by atoms with E-state index in [0.717, 1.165) is 31.4 Å². The summed E-state index contributed by atoms with van der Waals surface area (Å²) in [5.41, 5.74) is 1.34. The Balaban J connectivity index is 0.000000359. The minimum absolute atomic E-state index is 0.558. The van der Waals surface area contributed by atoms with Gasteiger partial charge >= 0.3 is 11.9 Å². The minimum atomic E-state index is -1.26. The van der Waals surface area contributed by atoms with Crippen LogP contribution in [-0.2, 0) is 16.1 Å². The van der Waals surface area contributed by atoms with Crippen molar-refractivity contribution in [2.75, 3.05) is 19.6 Å². The molecular weight excluding hydrogens is 336 g/mol. The molecule has 7 heteroatoms. The van der Waals surface area contributed by atoms with Gasteiger partial charge in [0.2, 0.25) is 0 Å². The third-order valence-corrected chi connectivity index (χ3v) is 4.13. The second-order valence-electron chi connectivity index (χ2n) is 6.82. The molecule has 0 amide bonds. The van der Waals surface area contributed by atoms with Crippen molar-refractivity contribution in [3.8, 4) is 0 Å². The maximum absolute atomic E-state index is 9.55. The number of carbonyl (C=O) groups is 2. The molecular formula is C19H30N2O5. The van der Waals surface area contributed by atoms with Crippen LogP contribution in [0.5, 0.6) is 0 Å². The van der Waals surface area contributed by atoms with Crippen LogP contribution in [0.1, 0.15) is 38.0 Å². The Hall–Kier alpha value is -2.12. The number of rotatable bonds is 7. The van der Waals surface area contributed by atoms with Crippen LogP contribution in [0.15, 0.2) is 28.9 Å². The SMILES string of the molecule is Cc1occc1CN(CC(C)C)C1CCNCC1.O=C(O)C=CC(=O)O. The Labute approximate surface area is 154 Å². The lowest BCUT2D eigenvalue weighted by Crippen LogP contribution is -2.44. The largest absolute Gasteiger partial charge is 0.478 e. The van der Waals surface area contributed by atoms with Crippen molar-refractivity contribution < 1.29 is 24.2 Å². The molecule has 0 aliphatic carbocycles.